The maximum atomic E-state index is 12.6. The Morgan fingerprint density at radius 1 is 1.09 bits per heavy atom. The quantitative estimate of drug-likeness (QED) is 0.686. The van der Waals surface area contributed by atoms with Crippen LogP contribution in [0.3, 0.4) is 0 Å². The van der Waals surface area contributed by atoms with Crippen molar-refractivity contribution in [2.24, 2.45) is 0 Å². The number of methoxy groups -OCH3 is 1. The summed E-state index contributed by atoms with van der Waals surface area (Å²) < 4.78 is 4.79. The first kappa shape index (κ1) is 16.7. The van der Waals surface area contributed by atoms with Gasteiger partial charge in [-0.2, -0.15) is 0 Å². The molecule has 0 spiro atoms. The van der Waals surface area contributed by atoms with Gasteiger partial charge in [0, 0.05) is 5.69 Å². The minimum absolute atomic E-state index is 0.0522. The lowest BCUT2D eigenvalue weighted by Crippen LogP contribution is -2.33. The van der Waals surface area contributed by atoms with Gasteiger partial charge in [0.15, 0.2) is 5.78 Å². The van der Waals surface area contributed by atoms with Crippen molar-refractivity contribution < 1.29 is 14.3 Å². The monoisotopic (exact) mass is 306 g/mol. The molecule has 1 saturated heterocycles. The zero-order chi connectivity index (χ0) is 16.1. The summed E-state index contributed by atoms with van der Waals surface area (Å²) in [6, 6.07) is 0. The lowest BCUT2D eigenvalue weighted by Gasteiger charge is -2.23. The van der Waals surface area contributed by atoms with Crippen molar-refractivity contribution in [1.29, 1.82) is 0 Å². The lowest BCUT2D eigenvalue weighted by molar-refractivity contribution is 0.0599. The van der Waals surface area contributed by atoms with Crippen molar-refractivity contribution in [3.8, 4) is 0 Å². The van der Waals surface area contributed by atoms with Crippen LogP contribution in [-0.4, -0.2) is 48.4 Å². The normalized spacial score (nSPS) is 16.9. The van der Waals surface area contributed by atoms with Gasteiger partial charge >= 0.3 is 5.97 Å². The molecule has 1 aromatic heterocycles. The number of rotatable bonds is 4. The van der Waals surface area contributed by atoms with Crippen LogP contribution >= 0.6 is 0 Å². The topological polar surface area (TPSA) is 62.4 Å². The van der Waals surface area contributed by atoms with Crippen molar-refractivity contribution in [3.63, 3.8) is 0 Å². The molecule has 0 radical (unpaired) electrons. The minimum Gasteiger partial charge on any atom is -0.465 e. The van der Waals surface area contributed by atoms with Gasteiger partial charge in [-0.15, -0.1) is 0 Å². The Morgan fingerprint density at radius 3 is 2.27 bits per heavy atom. The van der Waals surface area contributed by atoms with Gasteiger partial charge in [-0.05, 0) is 45.3 Å². The highest BCUT2D eigenvalue weighted by Crippen LogP contribution is 2.20. The molecule has 1 aliphatic rings. The van der Waals surface area contributed by atoms with Gasteiger partial charge in [0.1, 0.15) is 0 Å². The second kappa shape index (κ2) is 7.58. The van der Waals surface area contributed by atoms with E-state index in [0.29, 0.717) is 29.1 Å². The Kier molecular flexibility index (Phi) is 5.77. The van der Waals surface area contributed by atoms with Gasteiger partial charge in [0.25, 0.3) is 0 Å². The maximum Gasteiger partial charge on any atom is 0.339 e. The number of likely N-dealkylation sites (tertiary alicyclic amines) is 1. The van der Waals surface area contributed by atoms with E-state index in [1.165, 1.54) is 26.4 Å². The van der Waals surface area contributed by atoms with Crippen molar-refractivity contribution in [1.82, 2.24) is 9.88 Å². The van der Waals surface area contributed by atoms with Crippen LogP contribution in [0, 0.1) is 13.8 Å². The fraction of sp³-hybridized carbons (Fsp3) is 0.647. The molecular weight excluding hydrogens is 280 g/mol. The van der Waals surface area contributed by atoms with Crippen molar-refractivity contribution >= 4 is 11.8 Å². The Hall–Kier alpha value is -1.62. The molecule has 122 valence electrons. The molecule has 1 aliphatic heterocycles. The number of ether oxygens (including phenoxy) is 1. The van der Waals surface area contributed by atoms with Crippen LogP contribution in [0.4, 0.5) is 0 Å². The number of esters is 1. The van der Waals surface area contributed by atoms with Crippen LogP contribution < -0.4 is 0 Å². The maximum absolute atomic E-state index is 12.6. The van der Waals surface area contributed by atoms with Gasteiger partial charge in [0.05, 0.1) is 24.9 Å². The van der Waals surface area contributed by atoms with Gasteiger partial charge in [-0.25, -0.2) is 4.79 Å². The molecular formula is C17H26N2O3. The summed E-state index contributed by atoms with van der Waals surface area (Å²) in [5.41, 5.74) is 2.42. The zero-order valence-corrected chi connectivity index (χ0v) is 13.8. The average molecular weight is 306 g/mol. The van der Waals surface area contributed by atoms with E-state index in [0.717, 1.165) is 25.9 Å². The highest BCUT2D eigenvalue weighted by molar-refractivity contribution is 6.02. The van der Waals surface area contributed by atoms with Gasteiger partial charge < -0.3 is 9.72 Å². The van der Waals surface area contributed by atoms with Crippen LogP contribution in [0.15, 0.2) is 0 Å². The first-order chi connectivity index (χ1) is 10.5. The number of hydrogen-bond donors (Lipinski definition) is 1. The average Bonchev–Trinajstić information content (AvgIpc) is 2.76. The number of nitrogens with one attached hydrogen (secondary N) is 1. The summed E-state index contributed by atoms with van der Waals surface area (Å²) in [4.78, 5) is 29.7. The molecule has 0 amide bonds. The number of H-pyrrole nitrogens is 1. The lowest BCUT2D eigenvalue weighted by atomic mass is 10.1. The standard InChI is InChI=1S/C17H26N2O3/c1-12-15(17(21)22-3)13(2)18-16(12)14(20)11-19-9-7-5-4-6-8-10-19/h18H,4-11H2,1-3H3. The van der Waals surface area contributed by atoms with Gasteiger partial charge in [-0.3, -0.25) is 9.69 Å². The van der Waals surface area contributed by atoms with Crippen molar-refractivity contribution in [2.45, 2.75) is 46.0 Å². The highest BCUT2D eigenvalue weighted by Gasteiger charge is 2.23. The Labute approximate surface area is 132 Å². The number of ketones is 1. The molecule has 0 saturated carbocycles. The van der Waals surface area contributed by atoms with E-state index in [9.17, 15) is 9.59 Å². The van der Waals surface area contributed by atoms with Crippen LogP contribution in [0.1, 0.15) is 64.2 Å². The number of aromatic amines is 1. The zero-order valence-electron chi connectivity index (χ0n) is 13.8. The van der Waals surface area contributed by atoms with Crippen molar-refractivity contribution in [3.05, 3.63) is 22.5 Å². The molecule has 5 nitrogen and oxygen atoms in total. The number of aryl methyl sites for hydroxylation is 1. The van der Waals surface area contributed by atoms with Crippen molar-refractivity contribution in [2.75, 3.05) is 26.7 Å². The van der Waals surface area contributed by atoms with E-state index in [1.807, 2.05) is 0 Å². The molecule has 0 bridgehead atoms. The summed E-state index contributed by atoms with van der Waals surface area (Å²) in [6.45, 7) is 5.98. The van der Waals surface area contributed by atoms with E-state index in [1.54, 1.807) is 13.8 Å². The summed E-state index contributed by atoms with van der Waals surface area (Å²) in [6.07, 6.45) is 6.11. The van der Waals surface area contributed by atoms with Crippen LogP contribution in [0.25, 0.3) is 0 Å². The van der Waals surface area contributed by atoms with E-state index in [4.69, 9.17) is 4.74 Å². The second-order valence-corrected chi connectivity index (χ2v) is 6.08. The summed E-state index contributed by atoms with van der Waals surface area (Å²) in [5, 5.41) is 0. The molecule has 0 unspecified atom stereocenters. The number of nitrogens with zero attached hydrogens (tertiary/aromatic N) is 1. The van der Waals surface area contributed by atoms with Gasteiger partial charge in [-0.1, -0.05) is 19.3 Å². The number of Topliss-reactive ketones (excluding diaryl/α,β-unsaturated/α-hetero) is 1. The van der Waals surface area contributed by atoms with Gasteiger partial charge in [0.2, 0.25) is 0 Å². The molecule has 0 aromatic carbocycles. The molecule has 5 heteroatoms. The largest absolute Gasteiger partial charge is 0.465 e. The second-order valence-electron chi connectivity index (χ2n) is 6.08. The fourth-order valence-electron chi connectivity index (χ4n) is 3.19. The predicted molar refractivity (Wildman–Crippen MR) is 85.5 cm³/mol. The smallest absolute Gasteiger partial charge is 0.339 e. The fourth-order valence-corrected chi connectivity index (χ4v) is 3.19. The molecule has 2 heterocycles. The number of carbonyl (C=O) groups is 2. The number of carbonyl (C=O) groups excluding carboxylic acids is 2. The summed E-state index contributed by atoms with van der Waals surface area (Å²) in [5.74, 6) is -0.340. The molecule has 1 aromatic rings. The third-order valence-corrected chi connectivity index (χ3v) is 4.42. The Balaban J connectivity index is 2.10. The highest BCUT2D eigenvalue weighted by atomic mass is 16.5. The van der Waals surface area contributed by atoms with Crippen LogP contribution in [-0.2, 0) is 4.74 Å². The van der Waals surface area contributed by atoms with E-state index in [2.05, 4.69) is 9.88 Å². The first-order valence-corrected chi connectivity index (χ1v) is 8.07. The van der Waals surface area contributed by atoms with E-state index < -0.39 is 5.97 Å². The first-order valence-electron chi connectivity index (χ1n) is 8.07. The third kappa shape index (κ3) is 3.77. The Morgan fingerprint density at radius 2 is 1.68 bits per heavy atom. The number of aromatic nitrogens is 1. The SMILES string of the molecule is COC(=O)c1c(C)[nH]c(C(=O)CN2CCCCCCC2)c1C. The third-order valence-electron chi connectivity index (χ3n) is 4.42. The number of hydrogen-bond acceptors (Lipinski definition) is 4. The molecule has 1 fully saturated rings. The molecule has 2 rings (SSSR count). The molecule has 1 N–H and O–H groups in total. The molecule has 0 aliphatic carbocycles. The summed E-state index contributed by atoms with van der Waals surface area (Å²) in [7, 11) is 1.36. The molecule has 0 atom stereocenters. The Bertz CT molecular complexity index is 540. The van der Waals surface area contributed by atoms with E-state index in [-0.39, 0.29) is 5.78 Å². The summed E-state index contributed by atoms with van der Waals surface area (Å²) >= 11 is 0. The van der Waals surface area contributed by atoms with Crippen LogP contribution in [0.2, 0.25) is 0 Å². The van der Waals surface area contributed by atoms with Crippen LogP contribution in [0.5, 0.6) is 0 Å². The molecule has 22 heavy (non-hydrogen) atoms. The predicted octanol–water partition coefficient (Wildman–Crippen LogP) is 2.87. The minimum atomic E-state index is -0.392. The van der Waals surface area contributed by atoms with E-state index >= 15 is 0 Å².